The first-order chi connectivity index (χ1) is 8.95. The standard InChI is InChI=1S/C18H32O/c1-13(2)7-5-8-14(3)15-10-11-16-17(19)9-6-12-18(15,16)4/h13-16H,5-12H2,1-4H3/t14-,15?,16+,18-/m1/s1. The second-order valence-electron chi connectivity index (χ2n) is 7.86. The van der Waals surface area contributed by atoms with Gasteiger partial charge in [-0.3, -0.25) is 4.79 Å². The second kappa shape index (κ2) is 5.97. The lowest BCUT2D eigenvalue weighted by Gasteiger charge is -2.42. The summed E-state index contributed by atoms with van der Waals surface area (Å²) >= 11 is 0. The van der Waals surface area contributed by atoms with Crippen molar-refractivity contribution in [1.82, 2.24) is 0 Å². The van der Waals surface area contributed by atoms with Crippen molar-refractivity contribution < 1.29 is 4.79 Å². The zero-order valence-corrected chi connectivity index (χ0v) is 13.4. The molecule has 1 nitrogen and oxygen atoms in total. The van der Waals surface area contributed by atoms with Gasteiger partial charge in [0, 0.05) is 12.3 Å². The first kappa shape index (κ1) is 15.1. The third-order valence-electron chi connectivity index (χ3n) is 6.06. The molecule has 1 heteroatoms. The van der Waals surface area contributed by atoms with E-state index in [2.05, 4.69) is 27.7 Å². The Bertz CT molecular complexity index is 320. The highest BCUT2D eigenvalue weighted by Crippen LogP contribution is 2.57. The lowest BCUT2D eigenvalue weighted by molar-refractivity contribution is -0.130. The Morgan fingerprint density at radius 1 is 1.21 bits per heavy atom. The molecule has 2 aliphatic rings. The van der Waals surface area contributed by atoms with Crippen LogP contribution in [-0.4, -0.2) is 5.78 Å². The van der Waals surface area contributed by atoms with Gasteiger partial charge in [0.25, 0.3) is 0 Å². The molecule has 2 saturated carbocycles. The van der Waals surface area contributed by atoms with Gasteiger partial charge in [0.05, 0.1) is 0 Å². The summed E-state index contributed by atoms with van der Waals surface area (Å²) in [5.74, 6) is 3.41. The van der Waals surface area contributed by atoms with E-state index in [0.717, 1.165) is 30.6 Å². The summed E-state index contributed by atoms with van der Waals surface area (Å²) < 4.78 is 0. The zero-order valence-electron chi connectivity index (χ0n) is 13.4. The van der Waals surface area contributed by atoms with Gasteiger partial charge in [0.2, 0.25) is 0 Å². The summed E-state index contributed by atoms with van der Waals surface area (Å²) in [6, 6.07) is 0. The molecule has 110 valence electrons. The predicted octanol–water partition coefficient (Wildman–Crippen LogP) is 5.23. The number of rotatable bonds is 5. The molecule has 0 amide bonds. The molecule has 0 heterocycles. The minimum absolute atomic E-state index is 0.340. The highest BCUT2D eigenvalue weighted by molar-refractivity contribution is 5.83. The van der Waals surface area contributed by atoms with Crippen molar-refractivity contribution >= 4 is 5.78 Å². The molecule has 1 unspecified atom stereocenters. The normalized spacial score (nSPS) is 36.6. The molecule has 0 aromatic carbocycles. The van der Waals surface area contributed by atoms with E-state index in [1.165, 1.54) is 38.5 Å². The van der Waals surface area contributed by atoms with Crippen LogP contribution in [0.15, 0.2) is 0 Å². The van der Waals surface area contributed by atoms with Crippen molar-refractivity contribution in [3.8, 4) is 0 Å². The molecule has 2 rings (SSSR count). The summed E-state index contributed by atoms with van der Waals surface area (Å²) in [4.78, 5) is 12.2. The molecule has 0 aromatic rings. The van der Waals surface area contributed by atoms with Gasteiger partial charge in [-0.15, -0.1) is 0 Å². The lowest BCUT2D eigenvalue weighted by atomic mass is 9.62. The molecule has 0 radical (unpaired) electrons. The maximum absolute atomic E-state index is 12.2. The number of carbonyl (C=O) groups excluding carboxylic acids is 1. The third kappa shape index (κ3) is 3.06. The smallest absolute Gasteiger partial charge is 0.136 e. The van der Waals surface area contributed by atoms with E-state index < -0.39 is 0 Å². The van der Waals surface area contributed by atoms with Crippen molar-refractivity contribution in [2.45, 2.75) is 79.1 Å². The monoisotopic (exact) mass is 264 g/mol. The number of ketones is 1. The van der Waals surface area contributed by atoms with Crippen molar-refractivity contribution in [3.05, 3.63) is 0 Å². The second-order valence-corrected chi connectivity index (χ2v) is 7.86. The van der Waals surface area contributed by atoms with Crippen LogP contribution in [0.25, 0.3) is 0 Å². The van der Waals surface area contributed by atoms with Crippen molar-refractivity contribution in [1.29, 1.82) is 0 Å². The Balaban J connectivity index is 1.95. The van der Waals surface area contributed by atoms with Gasteiger partial charge in [-0.05, 0) is 48.9 Å². The molecule has 4 atom stereocenters. The topological polar surface area (TPSA) is 17.1 Å². The molecule has 0 saturated heterocycles. The summed E-state index contributed by atoms with van der Waals surface area (Å²) in [5.41, 5.74) is 0.340. The number of hydrogen-bond donors (Lipinski definition) is 0. The average molecular weight is 264 g/mol. The minimum atomic E-state index is 0.340. The van der Waals surface area contributed by atoms with E-state index in [4.69, 9.17) is 0 Å². The van der Waals surface area contributed by atoms with E-state index in [-0.39, 0.29) is 0 Å². The fourth-order valence-electron chi connectivity index (χ4n) is 4.95. The number of Topliss-reactive ketones (excluding diaryl/α,β-unsaturated/α-hetero) is 1. The molecular weight excluding hydrogens is 232 g/mol. The van der Waals surface area contributed by atoms with Crippen LogP contribution in [-0.2, 0) is 4.79 Å². The van der Waals surface area contributed by atoms with Crippen LogP contribution in [0.1, 0.15) is 79.1 Å². The van der Waals surface area contributed by atoms with Crippen molar-refractivity contribution in [2.24, 2.45) is 29.1 Å². The molecule has 0 spiro atoms. The Kier molecular flexibility index (Phi) is 4.74. The predicted molar refractivity (Wildman–Crippen MR) is 81.0 cm³/mol. The molecular formula is C18H32O. The average Bonchev–Trinajstić information content (AvgIpc) is 2.67. The Morgan fingerprint density at radius 2 is 1.95 bits per heavy atom. The van der Waals surface area contributed by atoms with E-state index in [1.807, 2.05) is 0 Å². The van der Waals surface area contributed by atoms with Crippen LogP contribution in [0.5, 0.6) is 0 Å². The summed E-state index contributed by atoms with van der Waals surface area (Å²) in [5, 5.41) is 0. The van der Waals surface area contributed by atoms with Gasteiger partial charge in [0.15, 0.2) is 0 Å². The molecule has 19 heavy (non-hydrogen) atoms. The fourth-order valence-corrected chi connectivity index (χ4v) is 4.95. The minimum Gasteiger partial charge on any atom is -0.299 e. The van der Waals surface area contributed by atoms with Crippen LogP contribution in [0.3, 0.4) is 0 Å². The lowest BCUT2D eigenvalue weighted by Crippen LogP contribution is -2.39. The molecule has 0 bridgehead atoms. The zero-order chi connectivity index (χ0) is 14.0. The SMILES string of the molecule is CC(C)CCC[C@@H](C)C1CC[C@H]2C(=O)CCC[C@]12C. The van der Waals surface area contributed by atoms with Crippen LogP contribution in [0.2, 0.25) is 0 Å². The number of hydrogen-bond acceptors (Lipinski definition) is 1. The Morgan fingerprint density at radius 3 is 2.63 bits per heavy atom. The maximum atomic E-state index is 12.2. The first-order valence-corrected chi connectivity index (χ1v) is 8.48. The molecule has 2 fully saturated rings. The van der Waals surface area contributed by atoms with E-state index >= 15 is 0 Å². The van der Waals surface area contributed by atoms with E-state index in [0.29, 0.717) is 17.1 Å². The van der Waals surface area contributed by atoms with Gasteiger partial charge < -0.3 is 0 Å². The van der Waals surface area contributed by atoms with E-state index in [9.17, 15) is 4.79 Å². The first-order valence-electron chi connectivity index (χ1n) is 8.48. The Hall–Kier alpha value is -0.330. The number of carbonyl (C=O) groups is 1. The third-order valence-corrected chi connectivity index (χ3v) is 6.06. The van der Waals surface area contributed by atoms with Crippen LogP contribution in [0, 0.1) is 29.1 Å². The largest absolute Gasteiger partial charge is 0.299 e. The summed E-state index contributed by atoms with van der Waals surface area (Å²) in [6.45, 7) is 9.50. The van der Waals surface area contributed by atoms with Gasteiger partial charge in [-0.2, -0.15) is 0 Å². The van der Waals surface area contributed by atoms with Gasteiger partial charge in [-0.1, -0.05) is 47.0 Å². The quantitative estimate of drug-likeness (QED) is 0.664. The molecule has 0 N–H and O–H groups in total. The van der Waals surface area contributed by atoms with Crippen LogP contribution < -0.4 is 0 Å². The number of fused-ring (bicyclic) bond motifs is 1. The fraction of sp³-hybridized carbons (Fsp3) is 0.944. The van der Waals surface area contributed by atoms with Crippen molar-refractivity contribution in [2.75, 3.05) is 0 Å². The van der Waals surface area contributed by atoms with Crippen LogP contribution >= 0.6 is 0 Å². The van der Waals surface area contributed by atoms with Gasteiger partial charge in [0.1, 0.15) is 5.78 Å². The van der Waals surface area contributed by atoms with Gasteiger partial charge in [-0.25, -0.2) is 0 Å². The molecule has 0 aromatic heterocycles. The van der Waals surface area contributed by atoms with Crippen LogP contribution in [0.4, 0.5) is 0 Å². The summed E-state index contributed by atoms with van der Waals surface area (Å²) in [7, 11) is 0. The van der Waals surface area contributed by atoms with E-state index in [1.54, 1.807) is 0 Å². The maximum Gasteiger partial charge on any atom is 0.136 e. The molecule has 2 aliphatic carbocycles. The highest BCUT2D eigenvalue weighted by Gasteiger charge is 2.52. The Labute approximate surface area is 119 Å². The van der Waals surface area contributed by atoms with Gasteiger partial charge >= 0.3 is 0 Å². The van der Waals surface area contributed by atoms with Crippen molar-refractivity contribution in [3.63, 3.8) is 0 Å². The highest BCUT2D eigenvalue weighted by atomic mass is 16.1. The summed E-state index contributed by atoms with van der Waals surface area (Å²) in [6.07, 6.45) is 9.85. The molecule has 0 aliphatic heterocycles.